The first kappa shape index (κ1) is 19.4. The second-order valence-corrected chi connectivity index (χ2v) is 8.61. The maximum Gasteiger partial charge on any atom is 0.252 e. The molecule has 0 saturated carbocycles. The van der Waals surface area contributed by atoms with E-state index in [9.17, 15) is 9.90 Å². The van der Waals surface area contributed by atoms with Crippen molar-refractivity contribution in [3.63, 3.8) is 0 Å². The highest BCUT2D eigenvalue weighted by Crippen LogP contribution is 2.42. The van der Waals surface area contributed by atoms with Gasteiger partial charge in [-0.2, -0.15) is 5.10 Å². The summed E-state index contributed by atoms with van der Waals surface area (Å²) in [5, 5.41) is 14.8. The van der Waals surface area contributed by atoms with E-state index in [0.29, 0.717) is 40.9 Å². The molecule has 30 heavy (non-hydrogen) atoms. The lowest BCUT2D eigenvalue weighted by atomic mass is 10.1. The van der Waals surface area contributed by atoms with Gasteiger partial charge in [-0.1, -0.05) is 23.7 Å². The van der Waals surface area contributed by atoms with Gasteiger partial charge in [-0.25, -0.2) is 0 Å². The van der Waals surface area contributed by atoms with E-state index in [4.69, 9.17) is 27.9 Å². The fourth-order valence-electron chi connectivity index (χ4n) is 3.59. The molecule has 0 radical (unpaired) electrons. The van der Waals surface area contributed by atoms with Crippen molar-refractivity contribution in [2.45, 2.75) is 12.8 Å². The van der Waals surface area contributed by atoms with Crippen LogP contribution in [0, 0.1) is 0 Å². The van der Waals surface area contributed by atoms with Crippen LogP contribution in [0.15, 0.2) is 53.6 Å². The van der Waals surface area contributed by atoms with Gasteiger partial charge in [-0.05, 0) is 53.6 Å². The molecule has 9 heteroatoms. The number of amidine groups is 1. The van der Waals surface area contributed by atoms with Crippen LogP contribution in [0.4, 0.5) is 5.69 Å². The maximum atomic E-state index is 11.5. The summed E-state index contributed by atoms with van der Waals surface area (Å²) in [6, 6.07) is 14.6. The van der Waals surface area contributed by atoms with E-state index in [0.717, 1.165) is 20.9 Å². The first-order valence-electron chi connectivity index (χ1n) is 9.18. The molecule has 1 atom stereocenters. The Morgan fingerprint density at radius 2 is 2.10 bits per heavy atom. The van der Waals surface area contributed by atoms with Gasteiger partial charge < -0.3 is 9.84 Å². The number of aliphatic hydroxyl groups excluding tert-OH is 1. The molecule has 0 amide bonds. The molecule has 3 heterocycles. The van der Waals surface area contributed by atoms with Crippen molar-refractivity contribution in [3.05, 3.63) is 69.6 Å². The van der Waals surface area contributed by atoms with Gasteiger partial charge in [0.1, 0.15) is 5.75 Å². The highest BCUT2D eigenvalue weighted by molar-refractivity contribution is 7.17. The molecule has 2 aliphatic heterocycles. The number of hydrazone groups is 1. The third-order valence-electron chi connectivity index (χ3n) is 4.98. The molecule has 0 bridgehead atoms. The number of halogens is 2. The van der Waals surface area contributed by atoms with Crippen LogP contribution in [0.25, 0.3) is 10.4 Å². The number of ether oxygens (including phenoxy) is 1. The van der Waals surface area contributed by atoms with Gasteiger partial charge in [0.05, 0.1) is 22.2 Å². The Morgan fingerprint density at radius 1 is 1.27 bits per heavy atom. The van der Waals surface area contributed by atoms with E-state index < -0.39 is 11.6 Å². The monoisotopic (exact) mass is 459 g/mol. The Labute approximate surface area is 186 Å². The molecular weight excluding hydrogens is 445 g/mol. The Kier molecular flexibility index (Phi) is 4.91. The first-order chi connectivity index (χ1) is 14.5. The maximum absolute atomic E-state index is 11.5. The van der Waals surface area contributed by atoms with Crippen molar-refractivity contribution in [2.24, 2.45) is 5.10 Å². The second-order valence-electron chi connectivity index (χ2n) is 6.81. The van der Waals surface area contributed by atoms with Gasteiger partial charge in [0.25, 0.3) is 5.24 Å². The molecule has 0 spiro atoms. The van der Waals surface area contributed by atoms with E-state index in [-0.39, 0.29) is 0 Å². The van der Waals surface area contributed by atoms with Crippen LogP contribution in [0.2, 0.25) is 5.02 Å². The average Bonchev–Trinajstić information content (AvgIpc) is 3.27. The molecule has 6 nitrogen and oxygen atoms in total. The first-order valence-corrected chi connectivity index (χ1v) is 10.8. The Balaban J connectivity index is 1.58. The van der Waals surface area contributed by atoms with Gasteiger partial charge >= 0.3 is 0 Å². The van der Waals surface area contributed by atoms with Crippen molar-refractivity contribution in [3.8, 4) is 16.2 Å². The van der Waals surface area contributed by atoms with Crippen LogP contribution in [-0.2, 0) is 6.42 Å². The number of para-hydroxylation sites is 1. The zero-order chi connectivity index (χ0) is 20.8. The number of aliphatic hydroxyl groups is 1. The second kappa shape index (κ2) is 7.59. The number of nitrogens with one attached hydrogen (secondary N) is 1. The van der Waals surface area contributed by atoms with Crippen molar-refractivity contribution < 1.29 is 14.6 Å². The van der Waals surface area contributed by atoms with E-state index >= 15 is 0 Å². The zero-order valence-electron chi connectivity index (χ0n) is 15.4. The molecule has 0 saturated heterocycles. The number of benzene rings is 2. The van der Waals surface area contributed by atoms with Crippen LogP contribution >= 0.6 is 34.5 Å². The summed E-state index contributed by atoms with van der Waals surface area (Å²) in [6.45, 7) is 0.484. The molecular formula is C21H15Cl2N3O3S. The molecule has 2 N–H and O–H groups in total. The minimum Gasteiger partial charge on any atom is -0.493 e. The minimum atomic E-state index is -1.02. The number of anilines is 1. The van der Waals surface area contributed by atoms with Crippen LogP contribution in [-0.4, -0.2) is 29.1 Å². The van der Waals surface area contributed by atoms with Crippen molar-refractivity contribution in [1.29, 1.82) is 0 Å². The molecule has 2 aromatic carbocycles. The predicted molar refractivity (Wildman–Crippen MR) is 119 cm³/mol. The van der Waals surface area contributed by atoms with E-state index in [1.807, 2.05) is 24.3 Å². The number of thiophene rings is 1. The fourth-order valence-corrected chi connectivity index (χ4v) is 5.16. The minimum absolute atomic E-state index is 0.396. The molecule has 2 aliphatic rings. The zero-order valence-corrected chi connectivity index (χ0v) is 17.8. The molecule has 1 aromatic heterocycles. The molecule has 0 fully saturated rings. The number of carbonyl (C=O) groups is 1. The van der Waals surface area contributed by atoms with E-state index in [1.165, 1.54) is 0 Å². The molecule has 152 valence electrons. The third kappa shape index (κ3) is 3.24. The summed E-state index contributed by atoms with van der Waals surface area (Å²) in [7, 11) is 0. The predicted octanol–water partition coefficient (Wildman–Crippen LogP) is 4.43. The quantitative estimate of drug-likeness (QED) is 0.566. The number of rotatable bonds is 3. The van der Waals surface area contributed by atoms with Crippen molar-refractivity contribution in [2.75, 3.05) is 11.5 Å². The highest BCUT2D eigenvalue weighted by Gasteiger charge is 2.32. The normalized spacial score (nSPS) is 17.4. The summed E-state index contributed by atoms with van der Waals surface area (Å²) >= 11 is 13.5. The highest BCUT2D eigenvalue weighted by atomic mass is 35.5. The standard InChI is InChI=1S/C21H15Cl2N3O3S/c22-14-3-1-2-4-15(14)26-20(24-25-21(26)28)17-10-11-7-8-29-16-9-12(19(23)27)5-6-13(16)18(11)30-17/h1-6,9-10,21,25,28H,7-8H2. The van der Waals surface area contributed by atoms with Gasteiger partial charge in [-0.3, -0.25) is 15.1 Å². The summed E-state index contributed by atoms with van der Waals surface area (Å²) in [5.41, 5.74) is 5.79. The largest absolute Gasteiger partial charge is 0.493 e. The summed E-state index contributed by atoms with van der Waals surface area (Å²) < 4.78 is 5.85. The van der Waals surface area contributed by atoms with Crippen LogP contribution in [0.1, 0.15) is 20.8 Å². The van der Waals surface area contributed by atoms with Crippen LogP contribution in [0.3, 0.4) is 0 Å². The van der Waals surface area contributed by atoms with Gasteiger partial charge in [0, 0.05) is 22.4 Å². The number of carbonyl (C=O) groups excluding carboxylic acids is 1. The fraction of sp³-hybridized carbons (Fsp3) is 0.143. The van der Waals surface area contributed by atoms with Gasteiger partial charge in [0.15, 0.2) is 5.84 Å². The summed E-state index contributed by atoms with van der Waals surface area (Å²) in [4.78, 5) is 15.1. The van der Waals surface area contributed by atoms with Crippen molar-refractivity contribution >= 4 is 51.3 Å². The molecule has 0 aliphatic carbocycles. The lowest BCUT2D eigenvalue weighted by Gasteiger charge is -2.23. The molecule has 3 aromatic rings. The van der Waals surface area contributed by atoms with Crippen LogP contribution in [0.5, 0.6) is 5.75 Å². The Morgan fingerprint density at radius 3 is 2.90 bits per heavy atom. The number of hydrogen-bond acceptors (Lipinski definition) is 7. The van der Waals surface area contributed by atoms with Crippen LogP contribution < -0.4 is 15.1 Å². The average molecular weight is 460 g/mol. The smallest absolute Gasteiger partial charge is 0.252 e. The molecule has 5 rings (SSSR count). The van der Waals surface area contributed by atoms with E-state index in [2.05, 4.69) is 16.6 Å². The SMILES string of the molecule is O=C(Cl)c1ccc2c(c1)OCCc1cc(C3=NNC(O)N3c3ccccc3Cl)sc1-2. The lowest BCUT2D eigenvalue weighted by Crippen LogP contribution is -2.40. The third-order valence-corrected chi connectivity index (χ3v) is 6.73. The topological polar surface area (TPSA) is 74.2 Å². The number of nitrogens with zero attached hydrogens (tertiary/aromatic N) is 2. The lowest BCUT2D eigenvalue weighted by molar-refractivity contribution is 0.108. The Hall–Kier alpha value is -2.58. The summed E-state index contributed by atoms with van der Waals surface area (Å²) in [5.74, 6) is 1.21. The molecule has 1 unspecified atom stereocenters. The number of fused-ring (bicyclic) bond motifs is 3. The van der Waals surface area contributed by atoms with Gasteiger partial charge in [-0.15, -0.1) is 11.3 Å². The van der Waals surface area contributed by atoms with Gasteiger partial charge in [0.2, 0.25) is 6.35 Å². The van der Waals surface area contributed by atoms with E-state index in [1.54, 1.807) is 34.4 Å². The number of hydrogen-bond donors (Lipinski definition) is 2. The Bertz CT molecular complexity index is 1190. The van der Waals surface area contributed by atoms with Crippen molar-refractivity contribution in [1.82, 2.24) is 5.43 Å². The summed E-state index contributed by atoms with van der Waals surface area (Å²) in [6.07, 6.45) is -0.310.